The lowest BCUT2D eigenvalue weighted by atomic mass is 9.73. The zero-order chi connectivity index (χ0) is 17.8. The molecule has 0 aromatic heterocycles. The lowest BCUT2D eigenvalue weighted by Crippen LogP contribution is -2.67. The summed E-state index contributed by atoms with van der Waals surface area (Å²) in [5.41, 5.74) is 3.55. The summed E-state index contributed by atoms with van der Waals surface area (Å²) in [7, 11) is 0. The molecule has 1 aromatic carbocycles. The maximum atomic E-state index is 12.4. The number of urea groups is 1. The molecule has 1 saturated heterocycles. The van der Waals surface area contributed by atoms with Gasteiger partial charge in [0, 0.05) is 12.5 Å². The number of amides is 2. The molecule has 1 fully saturated rings. The molecule has 0 unspecified atom stereocenters. The van der Waals surface area contributed by atoms with Gasteiger partial charge in [-0.1, -0.05) is 37.3 Å². The van der Waals surface area contributed by atoms with E-state index in [0.29, 0.717) is 6.54 Å². The normalized spacial score (nSPS) is 25.1. The molecule has 5 nitrogen and oxygen atoms in total. The number of carbonyl (C=O) groups excluding carboxylic acids is 1. The van der Waals surface area contributed by atoms with Crippen LogP contribution in [-0.4, -0.2) is 41.3 Å². The van der Waals surface area contributed by atoms with E-state index in [4.69, 9.17) is 0 Å². The number of nitrogens with zero attached hydrogens (tertiary/aromatic N) is 2. The van der Waals surface area contributed by atoms with E-state index in [1.165, 1.54) is 10.5 Å². The highest BCUT2D eigenvalue weighted by Gasteiger charge is 2.52. The van der Waals surface area contributed by atoms with E-state index in [1.807, 2.05) is 25.1 Å². The maximum absolute atomic E-state index is 12.4. The number of carbonyl (C=O) groups is 1. The summed E-state index contributed by atoms with van der Waals surface area (Å²) in [6.45, 7) is 2.41. The van der Waals surface area contributed by atoms with E-state index < -0.39 is 6.04 Å². The van der Waals surface area contributed by atoms with Crippen molar-refractivity contribution in [1.82, 2.24) is 10.2 Å². The number of aliphatic hydroxyl groups is 1. The Kier molecular flexibility index (Phi) is 5.40. The third kappa shape index (κ3) is 3.14. The van der Waals surface area contributed by atoms with Crippen LogP contribution in [0.1, 0.15) is 49.7 Å². The molecule has 0 bridgehead atoms. The highest BCUT2D eigenvalue weighted by atomic mass is 16.3. The Morgan fingerprint density at radius 3 is 2.88 bits per heavy atom. The molecule has 1 aromatic rings. The van der Waals surface area contributed by atoms with Gasteiger partial charge in [0.05, 0.1) is 18.7 Å². The second kappa shape index (κ2) is 7.71. The summed E-state index contributed by atoms with van der Waals surface area (Å²) in [6.07, 6.45) is 6.39. The van der Waals surface area contributed by atoms with Gasteiger partial charge in [-0.25, -0.2) is 4.79 Å². The third-order valence-electron chi connectivity index (χ3n) is 5.20. The average Bonchev–Trinajstić information content (AvgIpc) is 3.14. The monoisotopic (exact) mass is 339 g/mol. The Bertz CT molecular complexity index is 707. The van der Waals surface area contributed by atoms with Gasteiger partial charge in [-0.15, -0.1) is 0 Å². The minimum absolute atomic E-state index is 0.143. The molecule has 2 N–H and O–H groups in total. The molecular weight excluding hydrogens is 314 g/mol. The zero-order valence-electron chi connectivity index (χ0n) is 14.6. The van der Waals surface area contributed by atoms with Crippen LogP contribution in [0.25, 0.3) is 5.57 Å². The molecule has 2 aliphatic rings. The molecule has 132 valence electrons. The van der Waals surface area contributed by atoms with E-state index in [9.17, 15) is 15.2 Å². The number of hydrogen-bond donors (Lipinski definition) is 2. The first kappa shape index (κ1) is 17.5. The van der Waals surface area contributed by atoms with Gasteiger partial charge in [0.25, 0.3) is 0 Å². The summed E-state index contributed by atoms with van der Waals surface area (Å²) >= 11 is 0. The van der Waals surface area contributed by atoms with Crippen LogP contribution < -0.4 is 5.32 Å². The fourth-order valence-electron chi connectivity index (χ4n) is 3.98. The first-order valence-corrected chi connectivity index (χ1v) is 9.07. The highest BCUT2D eigenvalue weighted by Crippen LogP contribution is 2.44. The quantitative estimate of drug-likeness (QED) is 0.866. The lowest BCUT2D eigenvalue weighted by molar-refractivity contribution is 0.0168. The molecule has 3 atom stereocenters. The number of nitrogens with one attached hydrogen (secondary N) is 1. The van der Waals surface area contributed by atoms with Gasteiger partial charge >= 0.3 is 6.03 Å². The predicted molar refractivity (Wildman–Crippen MR) is 96.8 cm³/mol. The SMILES string of the molecule is CCCNC(=O)N1[C@H](C#N)[C@@H](c2ccccc2C2=CCCC2)[C@@H]1CO. The fraction of sp³-hybridized carbons (Fsp3) is 0.500. The van der Waals surface area contributed by atoms with E-state index in [0.717, 1.165) is 36.8 Å². The molecule has 1 heterocycles. The van der Waals surface area contributed by atoms with Crippen molar-refractivity contribution in [3.8, 4) is 6.07 Å². The van der Waals surface area contributed by atoms with Gasteiger partial charge in [-0.3, -0.25) is 0 Å². The van der Waals surface area contributed by atoms with Crippen molar-refractivity contribution >= 4 is 11.6 Å². The summed E-state index contributed by atoms with van der Waals surface area (Å²) in [4.78, 5) is 13.9. The number of allylic oxidation sites excluding steroid dienone is 2. The molecule has 1 aliphatic heterocycles. The smallest absolute Gasteiger partial charge is 0.318 e. The Morgan fingerprint density at radius 1 is 1.44 bits per heavy atom. The first-order chi connectivity index (χ1) is 12.2. The Hall–Kier alpha value is -2.32. The zero-order valence-corrected chi connectivity index (χ0v) is 14.6. The van der Waals surface area contributed by atoms with Crippen LogP contribution in [-0.2, 0) is 0 Å². The standard InChI is InChI=1S/C20H25N3O2/c1-2-11-22-20(25)23-17(12-21)19(18(23)13-24)16-10-6-5-9-15(16)14-7-3-4-8-14/h5-7,9-10,17-19,24H,2-4,8,11,13H2,1H3,(H,22,25)/t17-,18+,19-/m1/s1. The van der Waals surface area contributed by atoms with Crippen LogP contribution in [0.3, 0.4) is 0 Å². The number of benzene rings is 1. The molecular formula is C20H25N3O2. The van der Waals surface area contributed by atoms with Crippen molar-refractivity contribution in [3.05, 3.63) is 41.5 Å². The molecule has 1 aliphatic carbocycles. The van der Waals surface area contributed by atoms with Gasteiger partial charge in [0.1, 0.15) is 6.04 Å². The summed E-state index contributed by atoms with van der Waals surface area (Å²) < 4.78 is 0. The molecule has 25 heavy (non-hydrogen) atoms. The Morgan fingerprint density at radius 2 is 2.24 bits per heavy atom. The van der Waals surface area contributed by atoms with Crippen LogP contribution >= 0.6 is 0 Å². The number of likely N-dealkylation sites (tertiary alicyclic amines) is 1. The average molecular weight is 339 g/mol. The van der Waals surface area contributed by atoms with Gasteiger partial charge in [0.2, 0.25) is 0 Å². The van der Waals surface area contributed by atoms with Gasteiger partial charge in [-0.2, -0.15) is 5.26 Å². The highest BCUT2D eigenvalue weighted by molar-refractivity contribution is 5.78. The van der Waals surface area contributed by atoms with E-state index in [2.05, 4.69) is 23.5 Å². The molecule has 2 amide bonds. The van der Waals surface area contributed by atoms with Crippen molar-refractivity contribution < 1.29 is 9.90 Å². The van der Waals surface area contributed by atoms with Gasteiger partial charge < -0.3 is 15.3 Å². The minimum Gasteiger partial charge on any atom is -0.394 e. The third-order valence-corrected chi connectivity index (χ3v) is 5.20. The summed E-state index contributed by atoms with van der Waals surface area (Å²) in [5, 5.41) is 22.4. The van der Waals surface area contributed by atoms with Crippen molar-refractivity contribution in [2.45, 2.75) is 50.6 Å². The van der Waals surface area contributed by atoms with E-state index in [1.54, 1.807) is 0 Å². The van der Waals surface area contributed by atoms with E-state index >= 15 is 0 Å². The van der Waals surface area contributed by atoms with E-state index in [-0.39, 0.29) is 24.6 Å². The molecule has 0 spiro atoms. The van der Waals surface area contributed by atoms with Crippen molar-refractivity contribution in [2.24, 2.45) is 0 Å². The molecule has 3 rings (SSSR count). The largest absolute Gasteiger partial charge is 0.394 e. The predicted octanol–water partition coefficient (Wildman–Crippen LogP) is 3.03. The second-order valence-electron chi connectivity index (χ2n) is 6.70. The number of aliphatic hydroxyl groups excluding tert-OH is 1. The van der Waals surface area contributed by atoms with Gasteiger partial charge in [-0.05, 0) is 42.4 Å². The Labute approximate surface area is 148 Å². The van der Waals surface area contributed by atoms with Crippen LogP contribution in [0.2, 0.25) is 0 Å². The Balaban J connectivity index is 1.90. The van der Waals surface area contributed by atoms with Crippen molar-refractivity contribution in [1.29, 1.82) is 5.26 Å². The lowest BCUT2D eigenvalue weighted by Gasteiger charge is -2.51. The number of nitriles is 1. The summed E-state index contributed by atoms with van der Waals surface area (Å²) in [6, 6.07) is 9.22. The fourth-order valence-corrected chi connectivity index (χ4v) is 3.98. The van der Waals surface area contributed by atoms with Crippen LogP contribution in [0.15, 0.2) is 30.3 Å². The van der Waals surface area contributed by atoms with Crippen LogP contribution in [0, 0.1) is 11.3 Å². The first-order valence-electron chi connectivity index (χ1n) is 9.07. The summed E-state index contributed by atoms with van der Waals surface area (Å²) in [5.74, 6) is -0.153. The van der Waals surface area contributed by atoms with Crippen LogP contribution in [0.4, 0.5) is 4.79 Å². The molecule has 5 heteroatoms. The number of hydrogen-bond acceptors (Lipinski definition) is 3. The second-order valence-corrected chi connectivity index (χ2v) is 6.70. The molecule has 0 saturated carbocycles. The molecule has 0 radical (unpaired) electrons. The number of rotatable bonds is 5. The minimum atomic E-state index is -0.544. The van der Waals surface area contributed by atoms with Crippen LogP contribution in [0.5, 0.6) is 0 Å². The maximum Gasteiger partial charge on any atom is 0.318 e. The van der Waals surface area contributed by atoms with Crippen molar-refractivity contribution in [2.75, 3.05) is 13.2 Å². The van der Waals surface area contributed by atoms with Crippen molar-refractivity contribution in [3.63, 3.8) is 0 Å². The van der Waals surface area contributed by atoms with Gasteiger partial charge in [0.15, 0.2) is 0 Å². The topological polar surface area (TPSA) is 76.4 Å².